The highest BCUT2D eigenvalue weighted by Crippen LogP contribution is 2.21. The Balaban J connectivity index is 3.25. The summed E-state index contributed by atoms with van der Waals surface area (Å²) < 4.78 is 13.1. The topological polar surface area (TPSA) is 26.0 Å². The van der Waals surface area contributed by atoms with Crippen molar-refractivity contribution in [3.8, 4) is 0 Å². The van der Waals surface area contributed by atoms with Gasteiger partial charge in [-0.3, -0.25) is 0 Å². The van der Waals surface area contributed by atoms with Crippen molar-refractivity contribution in [3.63, 3.8) is 0 Å². The molecule has 2 N–H and O–H groups in total. The molecule has 1 aromatic rings. The van der Waals surface area contributed by atoms with E-state index in [1.165, 1.54) is 0 Å². The van der Waals surface area contributed by atoms with Crippen molar-refractivity contribution in [2.75, 3.05) is 0 Å². The van der Waals surface area contributed by atoms with Crippen molar-refractivity contribution >= 4 is 11.6 Å². The molecule has 1 aromatic carbocycles. The number of nitrogens with two attached hydrogens (primary N) is 1. The molecule has 1 rings (SSSR count). The summed E-state index contributed by atoms with van der Waals surface area (Å²) in [6.07, 6.45) is 0. The monoisotopic (exact) mass is 173 g/mol. The molecule has 0 radical (unpaired) electrons. The first-order valence-electron chi connectivity index (χ1n) is 3.30. The maximum atomic E-state index is 13.1. The van der Waals surface area contributed by atoms with Gasteiger partial charge in [0.1, 0.15) is 5.82 Å². The van der Waals surface area contributed by atoms with Crippen LogP contribution in [0.5, 0.6) is 0 Å². The van der Waals surface area contributed by atoms with Crippen LogP contribution in [0.1, 0.15) is 11.1 Å². The van der Waals surface area contributed by atoms with E-state index in [0.29, 0.717) is 5.56 Å². The fraction of sp³-hybridized carbons (Fsp3) is 0.250. The molecule has 60 valence electrons. The van der Waals surface area contributed by atoms with Crippen LogP contribution in [0.4, 0.5) is 4.39 Å². The fourth-order valence-electron chi connectivity index (χ4n) is 0.844. The van der Waals surface area contributed by atoms with Crippen molar-refractivity contribution in [1.82, 2.24) is 0 Å². The Hall–Kier alpha value is -0.600. The Morgan fingerprint density at radius 1 is 1.55 bits per heavy atom. The van der Waals surface area contributed by atoms with Crippen molar-refractivity contribution in [1.29, 1.82) is 0 Å². The van der Waals surface area contributed by atoms with E-state index in [-0.39, 0.29) is 11.6 Å². The van der Waals surface area contributed by atoms with E-state index < -0.39 is 5.82 Å². The van der Waals surface area contributed by atoms with E-state index in [9.17, 15) is 4.39 Å². The number of benzene rings is 1. The molecule has 0 atom stereocenters. The third-order valence-corrected chi connectivity index (χ3v) is 2.04. The lowest BCUT2D eigenvalue weighted by Gasteiger charge is -2.03. The number of rotatable bonds is 1. The third kappa shape index (κ3) is 1.52. The molecule has 1 nitrogen and oxygen atoms in total. The van der Waals surface area contributed by atoms with Gasteiger partial charge in [-0.2, -0.15) is 0 Å². The van der Waals surface area contributed by atoms with E-state index in [1.54, 1.807) is 19.1 Å². The van der Waals surface area contributed by atoms with E-state index in [1.807, 2.05) is 0 Å². The van der Waals surface area contributed by atoms with E-state index in [2.05, 4.69) is 0 Å². The van der Waals surface area contributed by atoms with Crippen LogP contribution < -0.4 is 5.73 Å². The van der Waals surface area contributed by atoms with Crippen LogP contribution in [0.25, 0.3) is 0 Å². The first-order chi connectivity index (χ1) is 5.16. The lowest BCUT2D eigenvalue weighted by molar-refractivity contribution is 0.610. The second-order valence-electron chi connectivity index (χ2n) is 2.37. The maximum absolute atomic E-state index is 13.1. The zero-order chi connectivity index (χ0) is 8.43. The molecule has 0 aliphatic rings. The summed E-state index contributed by atoms with van der Waals surface area (Å²) in [6.45, 7) is 1.94. The first-order valence-corrected chi connectivity index (χ1v) is 3.68. The summed E-state index contributed by atoms with van der Waals surface area (Å²) in [5.74, 6) is -0.394. The van der Waals surface area contributed by atoms with Gasteiger partial charge in [0.05, 0.1) is 5.02 Å². The van der Waals surface area contributed by atoms with Crippen LogP contribution in [0, 0.1) is 12.7 Å². The Labute approximate surface area is 70.0 Å². The molecule has 0 bridgehead atoms. The Kier molecular flexibility index (Phi) is 2.47. The molecule has 0 unspecified atom stereocenters. The highest BCUT2D eigenvalue weighted by molar-refractivity contribution is 6.31. The van der Waals surface area contributed by atoms with Crippen LogP contribution in [0.3, 0.4) is 0 Å². The number of aryl methyl sites for hydroxylation is 1. The van der Waals surface area contributed by atoms with Gasteiger partial charge < -0.3 is 5.73 Å². The van der Waals surface area contributed by atoms with E-state index in [4.69, 9.17) is 17.3 Å². The quantitative estimate of drug-likeness (QED) is 0.693. The molecule has 0 spiro atoms. The lowest BCUT2D eigenvalue weighted by atomic mass is 10.1. The molecule has 0 aliphatic heterocycles. The van der Waals surface area contributed by atoms with Crippen LogP contribution in [-0.2, 0) is 6.54 Å². The highest BCUT2D eigenvalue weighted by Gasteiger charge is 2.06. The lowest BCUT2D eigenvalue weighted by Crippen LogP contribution is -2.00. The minimum Gasteiger partial charge on any atom is -0.326 e. The summed E-state index contributed by atoms with van der Waals surface area (Å²) in [5, 5.41) is 0.174. The molecular formula is C8H9ClFN. The number of hydrogen-bond donors (Lipinski definition) is 1. The van der Waals surface area contributed by atoms with Crippen LogP contribution in [0.15, 0.2) is 12.1 Å². The van der Waals surface area contributed by atoms with Gasteiger partial charge in [0.25, 0.3) is 0 Å². The van der Waals surface area contributed by atoms with Gasteiger partial charge in [0, 0.05) is 12.1 Å². The average molecular weight is 174 g/mol. The van der Waals surface area contributed by atoms with Crippen molar-refractivity contribution < 1.29 is 4.39 Å². The Morgan fingerprint density at radius 2 is 2.18 bits per heavy atom. The SMILES string of the molecule is Cc1ccc(CN)c(F)c1Cl. The Bertz CT molecular complexity index is 273. The van der Waals surface area contributed by atoms with E-state index >= 15 is 0 Å². The summed E-state index contributed by atoms with van der Waals surface area (Å²) in [4.78, 5) is 0. The van der Waals surface area contributed by atoms with Gasteiger partial charge in [0.2, 0.25) is 0 Å². The molecule has 0 fully saturated rings. The maximum Gasteiger partial charge on any atom is 0.146 e. The molecule has 3 heteroatoms. The van der Waals surface area contributed by atoms with Crippen molar-refractivity contribution in [2.45, 2.75) is 13.5 Å². The van der Waals surface area contributed by atoms with Gasteiger partial charge in [-0.1, -0.05) is 23.7 Å². The standard InChI is InChI=1S/C8H9ClFN/c1-5-2-3-6(4-11)8(10)7(5)9/h2-3H,4,11H2,1H3. The van der Waals surface area contributed by atoms with Gasteiger partial charge >= 0.3 is 0 Å². The summed E-state index contributed by atoms with van der Waals surface area (Å²) >= 11 is 5.63. The first kappa shape index (κ1) is 8.50. The van der Waals surface area contributed by atoms with E-state index in [0.717, 1.165) is 5.56 Å². The predicted octanol–water partition coefficient (Wildman–Crippen LogP) is 2.25. The van der Waals surface area contributed by atoms with Crippen molar-refractivity contribution in [3.05, 3.63) is 34.1 Å². The zero-order valence-corrected chi connectivity index (χ0v) is 6.95. The molecule has 0 aromatic heterocycles. The number of hydrogen-bond acceptors (Lipinski definition) is 1. The summed E-state index contributed by atoms with van der Waals surface area (Å²) in [5.41, 5.74) is 6.47. The average Bonchev–Trinajstić information content (AvgIpc) is 2.01. The minimum atomic E-state index is -0.394. The van der Waals surface area contributed by atoms with Crippen LogP contribution in [-0.4, -0.2) is 0 Å². The van der Waals surface area contributed by atoms with Crippen LogP contribution >= 0.6 is 11.6 Å². The largest absolute Gasteiger partial charge is 0.326 e. The van der Waals surface area contributed by atoms with Gasteiger partial charge in [-0.25, -0.2) is 4.39 Å². The number of halogens is 2. The molecular weight excluding hydrogens is 165 g/mol. The predicted molar refractivity (Wildman–Crippen MR) is 44.0 cm³/mol. The van der Waals surface area contributed by atoms with Crippen molar-refractivity contribution in [2.24, 2.45) is 5.73 Å². The van der Waals surface area contributed by atoms with Gasteiger partial charge in [-0.05, 0) is 12.5 Å². The smallest absolute Gasteiger partial charge is 0.146 e. The molecule has 0 saturated heterocycles. The molecule has 0 aliphatic carbocycles. The third-order valence-electron chi connectivity index (χ3n) is 1.58. The minimum absolute atomic E-state index is 0.174. The van der Waals surface area contributed by atoms with Crippen LogP contribution in [0.2, 0.25) is 5.02 Å². The second-order valence-corrected chi connectivity index (χ2v) is 2.75. The second kappa shape index (κ2) is 3.20. The summed E-state index contributed by atoms with van der Waals surface area (Å²) in [6, 6.07) is 3.41. The Morgan fingerprint density at radius 3 is 2.73 bits per heavy atom. The van der Waals surface area contributed by atoms with Gasteiger partial charge in [-0.15, -0.1) is 0 Å². The molecule has 0 heterocycles. The molecule has 11 heavy (non-hydrogen) atoms. The molecule has 0 amide bonds. The fourth-order valence-corrected chi connectivity index (χ4v) is 1.03. The molecule has 0 saturated carbocycles. The summed E-state index contributed by atoms with van der Waals surface area (Å²) in [7, 11) is 0. The zero-order valence-electron chi connectivity index (χ0n) is 6.20. The normalized spacial score (nSPS) is 10.2. The van der Waals surface area contributed by atoms with Gasteiger partial charge in [0.15, 0.2) is 0 Å². The highest BCUT2D eigenvalue weighted by atomic mass is 35.5.